The molecule has 86 valence electrons. The van der Waals surface area contributed by atoms with Gasteiger partial charge in [0.25, 0.3) is 0 Å². The molecule has 0 saturated heterocycles. The predicted molar refractivity (Wildman–Crippen MR) is 62.8 cm³/mol. The van der Waals surface area contributed by atoms with Crippen LogP contribution in [-0.4, -0.2) is 13.7 Å². The maximum absolute atomic E-state index is 5.72. The van der Waals surface area contributed by atoms with Crippen LogP contribution in [0.15, 0.2) is 34.7 Å². The molecule has 0 aliphatic carbocycles. The van der Waals surface area contributed by atoms with Gasteiger partial charge in [-0.3, -0.25) is 5.84 Å². The van der Waals surface area contributed by atoms with Crippen LogP contribution in [0, 0.1) is 0 Å². The predicted octanol–water partition coefficient (Wildman–Crippen LogP) is 1.97. The quantitative estimate of drug-likeness (QED) is 0.597. The molecular formula is C12H16N2O2. The van der Waals surface area contributed by atoms with Crippen molar-refractivity contribution in [1.82, 2.24) is 5.43 Å². The van der Waals surface area contributed by atoms with E-state index in [1.807, 2.05) is 30.3 Å². The van der Waals surface area contributed by atoms with E-state index in [2.05, 4.69) is 5.43 Å². The maximum Gasteiger partial charge on any atom is 0.134 e. The fourth-order valence-corrected chi connectivity index (χ4v) is 1.72. The van der Waals surface area contributed by atoms with Gasteiger partial charge in [0.15, 0.2) is 0 Å². The Bertz CT molecular complexity index is 420. The van der Waals surface area contributed by atoms with Gasteiger partial charge in [-0.05, 0) is 18.6 Å². The third-order valence-corrected chi connectivity index (χ3v) is 2.60. The number of hydrogen-bond donors (Lipinski definition) is 2. The van der Waals surface area contributed by atoms with Gasteiger partial charge in [-0.25, -0.2) is 5.43 Å². The van der Waals surface area contributed by atoms with Crippen LogP contribution in [0.1, 0.15) is 18.2 Å². The summed E-state index contributed by atoms with van der Waals surface area (Å²) < 4.78 is 10.8. The van der Waals surface area contributed by atoms with E-state index in [1.54, 1.807) is 7.11 Å². The summed E-state index contributed by atoms with van der Waals surface area (Å²) in [5.74, 6) is 6.35. The summed E-state index contributed by atoms with van der Waals surface area (Å²) in [6, 6.07) is 9.91. The maximum atomic E-state index is 5.72. The molecule has 0 bridgehead atoms. The fraction of sp³-hybridized carbons (Fsp3) is 0.333. The number of benzene rings is 1. The molecular weight excluding hydrogens is 204 g/mol. The average Bonchev–Trinajstić information content (AvgIpc) is 2.73. The zero-order chi connectivity index (χ0) is 11.4. The highest BCUT2D eigenvalue weighted by molar-refractivity contribution is 5.77. The lowest BCUT2D eigenvalue weighted by Crippen LogP contribution is -2.28. The van der Waals surface area contributed by atoms with Crippen molar-refractivity contribution in [3.05, 3.63) is 36.1 Å². The van der Waals surface area contributed by atoms with Crippen LogP contribution in [0.25, 0.3) is 11.0 Å². The second-order valence-corrected chi connectivity index (χ2v) is 3.69. The Hall–Kier alpha value is -1.36. The minimum Gasteiger partial charge on any atom is -0.459 e. The van der Waals surface area contributed by atoms with Crippen LogP contribution < -0.4 is 11.3 Å². The standard InChI is InChI=1S/C12H16N2O2/c1-15-7-6-10(14-13)12-8-9-4-2-3-5-11(9)16-12/h2-5,8,10,14H,6-7,13H2,1H3. The zero-order valence-corrected chi connectivity index (χ0v) is 9.27. The number of rotatable bonds is 5. The summed E-state index contributed by atoms with van der Waals surface area (Å²) in [7, 11) is 1.67. The van der Waals surface area contributed by atoms with Gasteiger partial charge in [-0.2, -0.15) is 0 Å². The average molecular weight is 220 g/mol. The Labute approximate surface area is 94.3 Å². The number of methoxy groups -OCH3 is 1. The Balaban J connectivity index is 2.23. The smallest absolute Gasteiger partial charge is 0.134 e. The summed E-state index contributed by atoms with van der Waals surface area (Å²) >= 11 is 0. The first-order chi connectivity index (χ1) is 7.85. The molecule has 4 nitrogen and oxygen atoms in total. The highest BCUT2D eigenvalue weighted by Crippen LogP contribution is 2.24. The normalized spacial score (nSPS) is 13.1. The summed E-state index contributed by atoms with van der Waals surface area (Å²) in [5, 5.41) is 1.09. The van der Waals surface area contributed by atoms with E-state index < -0.39 is 0 Å². The van der Waals surface area contributed by atoms with Gasteiger partial charge in [0.05, 0.1) is 6.04 Å². The summed E-state index contributed by atoms with van der Waals surface area (Å²) in [6.45, 7) is 0.645. The topological polar surface area (TPSA) is 60.4 Å². The number of para-hydroxylation sites is 1. The van der Waals surface area contributed by atoms with Crippen molar-refractivity contribution in [2.45, 2.75) is 12.5 Å². The van der Waals surface area contributed by atoms with Gasteiger partial charge < -0.3 is 9.15 Å². The van der Waals surface area contributed by atoms with E-state index in [0.717, 1.165) is 23.2 Å². The SMILES string of the molecule is COCCC(NN)c1cc2ccccc2o1. The van der Waals surface area contributed by atoms with Crippen molar-refractivity contribution < 1.29 is 9.15 Å². The van der Waals surface area contributed by atoms with Gasteiger partial charge in [0, 0.05) is 19.1 Å². The second kappa shape index (κ2) is 5.12. The molecule has 1 heterocycles. The van der Waals surface area contributed by atoms with Crippen LogP contribution in [-0.2, 0) is 4.74 Å². The third kappa shape index (κ3) is 2.24. The molecule has 4 heteroatoms. The van der Waals surface area contributed by atoms with Gasteiger partial charge in [0.2, 0.25) is 0 Å². The van der Waals surface area contributed by atoms with Crippen molar-refractivity contribution in [2.24, 2.45) is 5.84 Å². The minimum absolute atomic E-state index is 0.00708. The second-order valence-electron chi connectivity index (χ2n) is 3.69. The summed E-state index contributed by atoms with van der Waals surface area (Å²) in [5.41, 5.74) is 3.62. The van der Waals surface area contributed by atoms with Crippen LogP contribution in [0.5, 0.6) is 0 Å². The fourth-order valence-electron chi connectivity index (χ4n) is 1.72. The number of hydrogen-bond acceptors (Lipinski definition) is 4. The molecule has 0 amide bonds. The summed E-state index contributed by atoms with van der Waals surface area (Å²) in [6.07, 6.45) is 0.785. The van der Waals surface area contributed by atoms with Crippen molar-refractivity contribution in [3.63, 3.8) is 0 Å². The molecule has 3 N–H and O–H groups in total. The monoisotopic (exact) mass is 220 g/mol. The number of furan rings is 1. The van der Waals surface area contributed by atoms with Gasteiger partial charge in [-0.1, -0.05) is 18.2 Å². The van der Waals surface area contributed by atoms with Gasteiger partial charge in [0.1, 0.15) is 11.3 Å². The molecule has 1 aromatic heterocycles. The van der Waals surface area contributed by atoms with E-state index in [0.29, 0.717) is 6.61 Å². The molecule has 1 atom stereocenters. The number of ether oxygens (including phenoxy) is 1. The van der Waals surface area contributed by atoms with Crippen LogP contribution >= 0.6 is 0 Å². The minimum atomic E-state index is -0.00708. The van der Waals surface area contributed by atoms with E-state index in [9.17, 15) is 0 Å². The van der Waals surface area contributed by atoms with Crippen molar-refractivity contribution in [1.29, 1.82) is 0 Å². The number of fused-ring (bicyclic) bond motifs is 1. The van der Waals surface area contributed by atoms with E-state index >= 15 is 0 Å². The number of nitrogens with two attached hydrogens (primary N) is 1. The molecule has 1 aromatic carbocycles. The first kappa shape index (κ1) is 11.1. The van der Waals surface area contributed by atoms with Crippen molar-refractivity contribution in [2.75, 3.05) is 13.7 Å². The van der Waals surface area contributed by atoms with E-state index in [-0.39, 0.29) is 6.04 Å². The first-order valence-corrected chi connectivity index (χ1v) is 5.28. The van der Waals surface area contributed by atoms with Gasteiger partial charge >= 0.3 is 0 Å². The van der Waals surface area contributed by atoms with E-state index in [1.165, 1.54) is 0 Å². The third-order valence-electron chi connectivity index (χ3n) is 2.60. The Morgan fingerprint density at radius 2 is 2.25 bits per heavy atom. The lowest BCUT2D eigenvalue weighted by Gasteiger charge is -2.11. The van der Waals surface area contributed by atoms with Crippen molar-refractivity contribution >= 4 is 11.0 Å². The number of hydrazine groups is 1. The highest BCUT2D eigenvalue weighted by atomic mass is 16.5. The van der Waals surface area contributed by atoms with E-state index in [4.69, 9.17) is 15.0 Å². The Morgan fingerprint density at radius 1 is 1.44 bits per heavy atom. The molecule has 2 rings (SSSR count). The Kier molecular flexibility index (Phi) is 3.56. The van der Waals surface area contributed by atoms with Gasteiger partial charge in [-0.15, -0.1) is 0 Å². The lowest BCUT2D eigenvalue weighted by atomic mass is 10.1. The van der Waals surface area contributed by atoms with Crippen LogP contribution in [0.4, 0.5) is 0 Å². The molecule has 0 radical (unpaired) electrons. The molecule has 0 saturated carbocycles. The Morgan fingerprint density at radius 3 is 2.94 bits per heavy atom. The molecule has 16 heavy (non-hydrogen) atoms. The van der Waals surface area contributed by atoms with Crippen LogP contribution in [0.2, 0.25) is 0 Å². The molecule has 0 aliphatic heterocycles. The zero-order valence-electron chi connectivity index (χ0n) is 9.27. The molecule has 1 unspecified atom stereocenters. The number of nitrogens with one attached hydrogen (secondary N) is 1. The molecule has 0 spiro atoms. The van der Waals surface area contributed by atoms with Crippen LogP contribution in [0.3, 0.4) is 0 Å². The lowest BCUT2D eigenvalue weighted by molar-refractivity contribution is 0.179. The largest absolute Gasteiger partial charge is 0.459 e. The summed E-state index contributed by atoms with van der Waals surface area (Å²) in [4.78, 5) is 0. The highest BCUT2D eigenvalue weighted by Gasteiger charge is 2.14. The molecule has 0 aliphatic rings. The first-order valence-electron chi connectivity index (χ1n) is 5.28. The molecule has 2 aromatic rings. The van der Waals surface area contributed by atoms with Crippen molar-refractivity contribution in [3.8, 4) is 0 Å². The molecule has 0 fully saturated rings.